The molecule has 1 aromatic heterocycles. The van der Waals surface area contributed by atoms with Crippen LogP contribution in [0.15, 0.2) is 54.6 Å². The van der Waals surface area contributed by atoms with Gasteiger partial charge in [-0.05, 0) is 23.6 Å². The van der Waals surface area contributed by atoms with Crippen LogP contribution in [0.1, 0.15) is 41.6 Å². The Morgan fingerprint density at radius 2 is 1.82 bits per heavy atom. The van der Waals surface area contributed by atoms with E-state index in [0.29, 0.717) is 31.0 Å². The zero-order chi connectivity index (χ0) is 19.7. The number of aromatic nitrogens is 3. The zero-order valence-corrected chi connectivity index (χ0v) is 16.2. The van der Waals surface area contributed by atoms with Crippen LogP contribution in [0.2, 0.25) is 0 Å². The molecular weight excluding hydrogens is 350 g/mol. The first-order valence-corrected chi connectivity index (χ1v) is 9.68. The normalized spacial score (nSPS) is 16.3. The summed E-state index contributed by atoms with van der Waals surface area (Å²) in [6, 6.07) is 17.4. The molecule has 1 aliphatic heterocycles. The molecule has 2 heterocycles. The van der Waals surface area contributed by atoms with Crippen molar-refractivity contribution in [2.45, 2.75) is 33.0 Å². The third-order valence-electron chi connectivity index (χ3n) is 5.21. The van der Waals surface area contributed by atoms with Gasteiger partial charge in [-0.15, -0.1) is 0 Å². The van der Waals surface area contributed by atoms with Crippen LogP contribution in [-0.4, -0.2) is 32.1 Å². The first kappa shape index (κ1) is 18.4. The van der Waals surface area contributed by atoms with Gasteiger partial charge in [-0.2, -0.15) is 5.10 Å². The Bertz CT molecular complexity index is 962. The van der Waals surface area contributed by atoms with E-state index in [4.69, 9.17) is 15.8 Å². The van der Waals surface area contributed by atoms with E-state index in [0.717, 1.165) is 17.0 Å². The van der Waals surface area contributed by atoms with Crippen LogP contribution in [-0.2, 0) is 13.1 Å². The van der Waals surface area contributed by atoms with Gasteiger partial charge in [-0.25, -0.2) is 9.67 Å². The summed E-state index contributed by atoms with van der Waals surface area (Å²) < 4.78 is 1.95. The Hall–Kier alpha value is -2.99. The highest BCUT2D eigenvalue weighted by Crippen LogP contribution is 2.33. The summed E-state index contributed by atoms with van der Waals surface area (Å²) >= 11 is 0. The van der Waals surface area contributed by atoms with Crippen molar-refractivity contribution in [2.24, 2.45) is 11.7 Å². The van der Waals surface area contributed by atoms with Crippen molar-refractivity contribution in [1.29, 1.82) is 0 Å². The van der Waals surface area contributed by atoms with Crippen molar-refractivity contribution in [3.05, 3.63) is 71.5 Å². The smallest absolute Gasteiger partial charge is 0.254 e. The summed E-state index contributed by atoms with van der Waals surface area (Å²) in [7, 11) is 0. The molecule has 6 nitrogen and oxygen atoms in total. The molecule has 1 amide bonds. The molecule has 0 fully saturated rings. The number of carbonyl (C=O) groups is 1. The second-order valence-electron chi connectivity index (χ2n) is 7.47. The van der Waals surface area contributed by atoms with E-state index in [2.05, 4.69) is 13.8 Å². The van der Waals surface area contributed by atoms with Crippen molar-refractivity contribution < 1.29 is 4.79 Å². The second-order valence-corrected chi connectivity index (χ2v) is 7.47. The molecule has 0 saturated heterocycles. The first-order chi connectivity index (χ1) is 13.6. The molecular formula is C22H25N5O. The molecule has 0 saturated carbocycles. The van der Waals surface area contributed by atoms with Crippen molar-refractivity contribution in [3.8, 4) is 11.4 Å². The maximum absolute atomic E-state index is 13.2. The van der Waals surface area contributed by atoms with E-state index in [1.807, 2.05) is 64.2 Å². The van der Waals surface area contributed by atoms with E-state index in [1.54, 1.807) is 0 Å². The third-order valence-corrected chi connectivity index (χ3v) is 5.21. The second kappa shape index (κ2) is 7.56. The van der Waals surface area contributed by atoms with Gasteiger partial charge in [-0.3, -0.25) is 4.79 Å². The van der Waals surface area contributed by atoms with Crippen LogP contribution >= 0.6 is 0 Å². The Kier molecular flexibility index (Phi) is 4.96. The van der Waals surface area contributed by atoms with E-state index >= 15 is 0 Å². The highest BCUT2D eigenvalue weighted by Gasteiger charge is 2.36. The molecule has 144 valence electrons. The lowest BCUT2D eigenvalue weighted by atomic mass is 9.98. The lowest BCUT2D eigenvalue weighted by Crippen LogP contribution is -2.44. The van der Waals surface area contributed by atoms with Crippen LogP contribution in [0.5, 0.6) is 0 Å². The van der Waals surface area contributed by atoms with E-state index in [-0.39, 0.29) is 17.9 Å². The van der Waals surface area contributed by atoms with Crippen LogP contribution in [0, 0.1) is 5.92 Å². The molecule has 1 atom stereocenters. The van der Waals surface area contributed by atoms with Gasteiger partial charge in [0, 0.05) is 24.2 Å². The molecule has 3 aromatic rings. The maximum Gasteiger partial charge on any atom is 0.254 e. The number of amides is 1. The fraction of sp³-hybridized carbons (Fsp3) is 0.318. The number of nitrogens with zero attached hydrogens (tertiary/aromatic N) is 4. The van der Waals surface area contributed by atoms with Crippen molar-refractivity contribution in [3.63, 3.8) is 0 Å². The largest absolute Gasteiger partial charge is 0.326 e. The standard InChI is InChI=1S/C22H25N5O/c1-15(2)19-21-24-20(17-6-4-3-5-7-17)25-27(21)13-12-26(19)22(28)18-10-8-16(14-23)9-11-18/h3-11,15,19H,12-14,23H2,1-2H3/t19-/m0/s1. The minimum Gasteiger partial charge on any atom is -0.326 e. The molecule has 0 aliphatic carbocycles. The molecule has 28 heavy (non-hydrogen) atoms. The number of carbonyl (C=O) groups excluding carboxylic acids is 1. The summed E-state index contributed by atoms with van der Waals surface area (Å²) in [5.74, 6) is 1.81. The van der Waals surface area contributed by atoms with E-state index in [9.17, 15) is 4.79 Å². The predicted molar refractivity (Wildman–Crippen MR) is 108 cm³/mol. The molecule has 6 heteroatoms. The van der Waals surface area contributed by atoms with Crippen molar-refractivity contribution in [2.75, 3.05) is 6.54 Å². The maximum atomic E-state index is 13.2. The highest BCUT2D eigenvalue weighted by molar-refractivity contribution is 5.94. The van der Waals surface area contributed by atoms with Crippen LogP contribution in [0.25, 0.3) is 11.4 Å². The minimum absolute atomic E-state index is 0.0257. The molecule has 4 rings (SSSR count). The number of nitrogens with two attached hydrogens (primary N) is 1. The van der Waals surface area contributed by atoms with Gasteiger partial charge in [0.05, 0.1) is 12.6 Å². The third kappa shape index (κ3) is 3.31. The molecule has 0 radical (unpaired) electrons. The van der Waals surface area contributed by atoms with Gasteiger partial charge in [-0.1, -0.05) is 56.3 Å². The molecule has 1 aliphatic rings. The molecule has 0 spiro atoms. The average molecular weight is 375 g/mol. The van der Waals surface area contributed by atoms with Gasteiger partial charge in [0.2, 0.25) is 0 Å². The van der Waals surface area contributed by atoms with Gasteiger partial charge in [0.15, 0.2) is 11.6 Å². The topological polar surface area (TPSA) is 77.0 Å². The number of rotatable bonds is 4. The Morgan fingerprint density at radius 1 is 1.11 bits per heavy atom. The van der Waals surface area contributed by atoms with Crippen molar-refractivity contribution in [1.82, 2.24) is 19.7 Å². The van der Waals surface area contributed by atoms with E-state index in [1.165, 1.54) is 0 Å². The lowest BCUT2D eigenvalue weighted by Gasteiger charge is -2.37. The summed E-state index contributed by atoms with van der Waals surface area (Å²) in [6.07, 6.45) is 0. The van der Waals surface area contributed by atoms with Crippen LogP contribution in [0.4, 0.5) is 0 Å². The number of hydrogen-bond acceptors (Lipinski definition) is 4. The first-order valence-electron chi connectivity index (χ1n) is 9.68. The quantitative estimate of drug-likeness (QED) is 0.759. The Morgan fingerprint density at radius 3 is 2.46 bits per heavy atom. The Labute approximate surface area is 165 Å². The molecule has 2 aromatic carbocycles. The monoisotopic (exact) mass is 375 g/mol. The fourth-order valence-corrected chi connectivity index (χ4v) is 3.76. The van der Waals surface area contributed by atoms with E-state index < -0.39 is 0 Å². The van der Waals surface area contributed by atoms with Crippen molar-refractivity contribution >= 4 is 5.91 Å². The lowest BCUT2D eigenvalue weighted by molar-refractivity contribution is 0.0537. The fourth-order valence-electron chi connectivity index (χ4n) is 3.76. The van der Waals surface area contributed by atoms with Crippen LogP contribution < -0.4 is 5.73 Å². The molecule has 0 bridgehead atoms. The summed E-state index contributed by atoms with van der Waals surface area (Å²) in [5.41, 5.74) is 8.36. The molecule has 0 unspecified atom stereocenters. The number of benzene rings is 2. The summed E-state index contributed by atoms with van der Waals surface area (Å²) in [5, 5.41) is 4.70. The molecule has 2 N–H and O–H groups in total. The predicted octanol–water partition coefficient (Wildman–Crippen LogP) is 3.26. The zero-order valence-electron chi connectivity index (χ0n) is 16.2. The Balaban J connectivity index is 1.67. The van der Waals surface area contributed by atoms with Gasteiger partial charge >= 0.3 is 0 Å². The summed E-state index contributed by atoms with van der Waals surface area (Å²) in [4.78, 5) is 20.0. The highest BCUT2D eigenvalue weighted by atomic mass is 16.2. The van der Waals surface area contributed by atoms with Gasteiger partial charge in [0.1, 0.15) is 0 Å². The van der Waals surface area contributed by atoms with Crippen LogP contribution in [0.3, 0.4) is 0 Å². The van der Waals surface area contributed by atoms with Gasteiger partial charge < -0.3 is 10.6 Å². The van der Waals surface area contributed by atoms with Gasteiger partial charge in [0.25, 0.3) is 5.91 Å². The number of hydrogen-bond donors (Lipinski definition) is 1. The SMILES string of the molecule is CC(C)[C@H]1c2nc(-c3ccccc3)nn2CCN1C(=O)c1ccc(CN)cc1. The summed E-state index contributed by atoms with van der Waals surface area (Å²) in [6.45, 7) is 5.97. The minimum atomic E-state index is -0.111. The average Bonchev–Trinajstić information content (AvgIpc) is 3.17. The number of fused-ring (bicyclic) bond motifs is 1.